The molecule has 1 amide bonds. The third-order valence-electron chi connectivity index (χ3n) is 2.80. The number of anilines is 1. The number of thiazole rings is 1. The van der Waals surface area contributed by atoms with Crippen molar-refractivity contribution in [1.82, 2.24) is 10.3 Å². The molecule has 1 aromatic carbocycles. The van der Waals surface area contributed by atoms with E-state index in [1.807, 2.05) is 19.2 Å². The molecule has 0 radical (unpaired) electrons. The quantitative estimate of drug-likeness (QED) is 0.796. The van der Waals surface area contributed by atoms with Crippen LogP contribution in [0.5, 0.6) is 0 Å². The van der Waals surface area contributed by atoms with Gasteiger partial charge in [0.2, 0.25) is 5.91 Å². The first kappa shape index (κ1) is 19.2. The monoisotopic (exact) mass is 379 g/mol. The van der Waals surface area contributed by atoms with Crippen LogP contribution in [0.1, 0.15) is 16.9 Å². The van der Waals surface area contributed by atoms with Crippen LogP contribution in [-0.2, 0) is 11.2 Å². The Bertz CT molecular complexity index is 634. The summed E-state index contributed by atoms with van der Waals surface area (Å²) in [6, 6.07) is 5.55. The third-order valence-corrected chi connectivity index (χ3v) is 4.57. The fourth-order valence-corrected chi connectivity index (χ4v) is 2.98. The summed E-state index contributed by atoms with van der Waals surface area (Å²) in [6.07, 6.45) is 2.81. The summed E-state index contributed by atoms with van der Waals surface area (Å²) >= 11 is 13.6. The Balaban J connectivity index is 0.00000242. The zero-order valence-corrected chi connectivity index (χ0v) is 15.0. The highest BCUT2D eigenvalue weighted by atomic mass is 35.5. The number of halogens is 3. The molecule has 22 heavy (non-hydrogen) atoms. The van der Waals surface area contributed by atoms with Crippen LogP contribution in [0, 0.1) is 0 Å². The van der Waals surface area contributed by atoms with E-state index in [0.717, 1.165) is 10.4 Å². The molecule has 0 aliphatic carbocycles. The molecule has 0 spiro atoms. The second kappa shape index (κ2) is 9.33. The second-order valence-corrected chi connectivity index (χ2v) is 6.32. The number of carbonyl (C=O) groups is 1. The molecule has 4 nitrogen and oxygen atoms in total. The fourth-order valence-electron chi connectivity index (χ4n) is 1.74. The molecule has 2 N–H and O–H groups in total. The molecule has 0 bridgehead atoms. The number of amides is 1. The summed E-state index contributed by atoms with van der Waals surface area (Å²) in [7, 11) is 1.81. The Hall–Kier alpha value is -0.850. The highest BCUT2D eigenvalue weighted by Gasteiger charge is 2.09. The lowest BCUT2D eigenvalue weighted by molar-refractivity contribution is -0.116. The topological polar surface area (TPSA) is 54.0 Å². The maximum atomic E-state index is 11.6. The summed E-state index contributed by atoms with van der Waals surface area (Å²) in [6.45, 7) is 0.641. The first-order valence-electron chi connectivity index (χ1n) is 6.42. The molecule has 120 valence electrons. The summed E-state index contributed by atoms with van der Waals surface area (Å²) in [4.78, 5) is 16.8. The van der Waals surface area contributed by atoms with E-state index >= 15 is 0 Å². The molecule has 0 aliphatic rings. The smallest absolute Gasteiger partial charge is 0.227 e. The van der Waals surface area contributed by atoms with Crippen LogP contribution in [0.15, 0.2) is 24.4 Å². The fraction of sp³-hybridized carbons (Fsp3) is 0.286. The van der Waals surface area contributed by atoms with E-state index < -0.39 is 0 Å². The van der Waals surface area contributed by atoms with Crippen LogP contribution >= 0.6 is 46.9 Å². The summed E-state index contributed by atoms with van der Waals surface area (Å²) in [5, 5.41) is 7.41. The van der Waals surface area contributed by atoms with Gasteiger partial charge < -0.3 is 10.6 Å². The van der Waals surface area contributed by atoms with Gasteiger partial charge in [0.1, 0.15) is 0 Å². The number of benzene rings is 1. The highest BCUT2D eigenvalue weighted by molar-refractivity contribution is 7.15. The van der Waals surface area contributed by atoms with E-state index in [0.29, 0.717) is 34.6 Å². The number of hydrogen-bond acceptors (Lipinski definition) is 4. The van der Waals surface area contributed by atoms with Crippen molar-refractivity contribution in [2.45, 2.75) is 12.8 Å². The largest absolute Gasteiger partial charge is 0.319 e. The van der Waals surface area contributed by atoms with Gasteiger partial charge in [-0.2, -0.15) is 0 Å². The molecule has 2 rings (SSSR count). The molecule has 0 fully saturated rings. The molecule has 0 aliphatic heterocycles. The Labute approximate surface area is 149 Å². The van der Waals surface area contributed by atoms with Crippen LogP contribution in [-0.4, -0.2) is 24.5 Å². The van der Waals surface area contributed by atoms with Gasteiger partial charge in [-0.1, -0.05) is 35.3 Å². The second-order valence-electron chi connectivity index (χ2n) is 4.42. The van der Waals surface area contributed by atoms with Crippen LogP contribution in [0.25, 0.3) is 0 Å². The number of carbonyl (C=O) groups excluding carboxylic acids is 1. The maximum absolute atomic E-state index is 11.6. The van der Waals surface area contributed by atoms with Gasteiger partial charge in [-0.3, -0.25) is 4.79 Å². The Kier molecular flexibility index (Phi) is 8.14. The summed E-state index contributed by atoms with van der Waals surface area (Å²) in [5.74, 6) is -0.0500. The zero-order chi connectivity index (χ0) is 15.2. The van der Waals surface area contributed by atoms with Crippen molar-refractivity contribution in [1.29, 1.82) is 0 Å². The van der Waals surface area contributed by atoms with Crippen molar-refractivity contribution in [3.63, 3.8) is 0 Å². The van der Waals surface area contributed by atoms with Gasteiger partial charge >= 0.3 is 0 Å². The minimum absolute atomic E-state index is 0. The van der Waals surface area contributed by atoms with E-state index in [1.165, 1.54) is 11.3 Å². The number of nitrogens with one attached hydrogen (secondary N) is 2. The molecule has 0 saturated carbocycles. The molecule has 1 heterocycles. The standard InChI is InChI=1S/C14H15Cl2N3OS.ClH/c1-17-6-5-12(20)19-14-18-8-10(21-14)7-9-3-2-4-11(15)13(9)16;/h2-4,8,17H,5-7H2,1H3,(H,18,19,20);1H. The van der Waals surface area contributed by atoms with Gasteiger partial charge in [-0.25, -0.2) is 4.98 Å². The van der Waals surface area contributed by atoms with E-state index in [4.69, 9.17) is 23.2 Å². The molecular weight excluding hydrogens is 365 g/mol. The molecular formula is C14H16Cl3N3OS. The Morgan fingerprint density at radius 3 is 2.86 bits per heavy atom. The Morgan fingerprint density at radius 1 is 1.36 bits per heavy atom. The van der Waals surface area contributed by atoms with Gasteiger partial charge in [0.15, 0.2) is 5.13 Å². The molecule has 0 saturated heterocycles. The van der Waals surface area contributed by atoms with E-state index in [-0.39, 0.29) is 18.3 Å². The lowest BCUT2D eigenvalue weighted by Gasteiger charge is -2.03. The van der Waals surface area contributed by atoms with Gasteiger partial charge in [-0.05, 0) is 18.7 Å². The zero-order valence-electron chi connectivity index (χ0n) is 11.9. The minimum atomic E-state index is -0.0500. The molecule has 1 aromatic heterocycles. The SMILES string of the molecule is CNCCC(=O)Nc1ncc(Cc2cccc(Cl)c2Cl)s1.Cl. The summed E-state index contributed by atoms with van der Waals surface area (Å²) < 4.78 is 0. The van der Waals surface area contributed by atoms with Crippen molar-refractivity contribution in [2.75, 3.05) is 18.9 Å². The van der Waals surface area contributed by atoms with Crippen molar-refractivity contribution >= 4 is 58.0 Å². The molecule has 0 unspecified atom stereocenters. The predicted molar refractivity (Wildman–Crippen MR) is 95.8 cm³/mol. The molecule has 2 aromatic rings. The van der Waals surface area contributed by atoms with Crippen LogP contribution in [0.3, 0.4) is 0 Å². The average molecular weight is 381 g/mol. The van der Waals surface area contributed by atoms with Crippen LogP contribution in [0.4, 0.5) is 5.13 Å². The van der Waals surface area contributed by atoms with Crippen LogP contribution < -0.4 is 10.6 Å². The Morgan fingerprint density at radius 2 is 2.14 bits per heavy atom. The van der Waals surface area contributed by atoms with Gasteiger partial charge in [0.25, 0.3) is 0 Å². The number of nitrogens with zero attached hydrogens (tertiary/aromatic N) is 1. The lowest BCUT2D eigenvalue weighted by Crippen LogP contribution is -2.18. The minimum Gasteiger partial charge on any atom is -0.319 e. The third kappa shape index (κ3) is 5.41. The van der Waals surface area contributed by atoms with Crippen molar-refractivity contribution in [3.05, 3.63) is 44.9 Å². The van der Waals surface area contributed by atoms with Crippen molar-refractivity contribution in [2.24, 2.45) is 0 Å². The number of aromatic nitrogens is 1. The molecule has 0 atom stereocenters. The van der Waals surface area contributed by atoms with Gasteiger partial charge in [-0.15, -0.1) is 23.7 Å². The van der Waals surface area contributed by atoms with Crippen molar-refractivity contribution in [3.8, 4) is 0 Å². The summed E-state index contributed by atoms with van der Waals surface area (Å²) in [5.41, 5.74) is 0.945. The average Bonchev–Trinajstić information content (AvgIpc) is 2.89. The van der Waals surface area contributed by atoms with Gasteiger partial charge in [0, 0.05) is 30.5 Å². The number of rotatable bonds is 6. The highest BCUT2D eigenvalue weighted by Crippen LogP contribution is 2.29. The van der Waals surface area contributed by atoms with Crippen molar-refractivity contribution < 1.29 is 4.79 Å². The first-order chi connectivity index (χ1) is 10.1. The maximum Gasteiger partial charge on any atom is 0.227 e. The normalized spacial score (nSPS) is 10.1. The number of hydrogen-bond donors (Lipinski definition) is 2. The molecule has 8 heteroatoms. The van der Waals surface area contributed by atoms with E-state index in [1.54, 1.807) is 12.3 Å². The first-order valence-corrected chi connectivity index (χ1v) is 7.99. The predicted octanol–water partition coefficient (Wildman–Crippen LogP) is 4.01. The van der Waals surface area contributed by atoms with Gasteiger partial charge in [0.05, 0.1) is 10.0 Å². The van der Waals surface area contributed by atoms with E-state index in [2.05, 4.69) is 15.6 Å². The van der Waals surface area contributed by atoms with E-state index in [9.17, 15) is 4.79 Å². The van der Waals surface area contributed by atoms with Crippen LogP contribution in [0.2, 0.25) is 10.0 Å². The lowest BCUT2D eigenvalue weighted by atomic mass is 10.1.